The highest BCUT2D eigenvalue weighted by Gasteiger charge is 2.21. The van der Waals surface area contributed by atoms with Gasteiger partial charge in [-0.25, -0.2) is 0 Å². The van der Waals surface area contributed by atoms with E-state index in [1.807, 2.05) is 6.92 Å². The number of rotatable bonds is 5. The molecule has 100 valence electrons. The zero-order valence-electron chi connectivity index (χ0n) is 10.5. The monoisotopic (exact) mass is 273 g/mol. The summed E-state index contributed by atoms with van der Waals surface area (Å²) in [6, 6.07) is 0.704. The van der Waals surface area contributed by atoms with Crippen LogP contribution >= 0.6 is 11.6 Å². The van der Waals surface area contributed by atoms with Crippen LogP contribution in [0.3, 0.4) is 0 Å². The first-order valence-corrected chi connectivity index (χ1v) is 5.68. The molecule has 1 aromatic carbocycles. The Balaban J connectivity index is 3.29. The van der Waals surface area contributed by atoms with Crippen molar-refractivity contribution in [1.82, 2.24) is 0 Å². The first-order valence-electron chi connectivity index (χ1n) is 5.30. The van der Waals surface area contributed by atoms with Crippen molar-refractivity contribution < 1.29 is 19.4 Å². The maximum Gasteiger partial charge on any atom is 0.320 e. The molecular weight excluding hydrogens is 258 g/mol. The summed E-state index contributed by atoms with van der Waals surface area (Å²) < 4.78 is 10.4. The van der Waals surface area contributed by atoms with Gasteiger partial charge in [0.1, 0.15) is 6.04 Å². The van der Waals surface area contributed by atoms with Gasteiger partial charge in [-0.2, -0.15) is 0 Å². The lowest BCUT2D eigenvalue weighted by atomic mass is 9.99. The van der Waals surface area contributed by atoms with E-state index in [-0.39, 0.29) is 6.42 Å². The minimum atomic E-state index is -1.06. The number of hydrogen-bond donors (Lipinski definition) is 2. The first-order chi connectivity index (χ1) is 8.42. The Morgan fingerprint density at radius 1 is 1.44 bits per heavy atom. The molecule has 0 amide bonds. The number of methoxy groups -OCH3 is 2. The molecule has 0 bridgehead atoms. The molecule has 18 heavy (non-hydrogen) atoms. The van der Waals surface area contributed by atoms with Crippen LogP contribution in [0.4, 0.5) is 0 Å². The van der Waals surface area contributed by atoms with E-state index in [1.165, 1.54) is 14.2 Å². The number of carbonyl (C=O) groups is 1. The summed E-state index contributed by atoms with van der Waals surface area (Å²) in [4.78, 5) is 10.8. The van der Waals surface area contributed by atoms with E-state index in [0.717, 1.165) is 5.56 Å². The zero-order valence-corrected chi connectivity index (χ0v) is 11.2. The van der Waals surface area contributed by atoms with Gasteiger partial charge in [0.25, 0.3) is 0 Å². The Kier molecular flexibility index (Phi) is 4.81. The number of carboxylic acid groups (broad SMARTS) is 1. The van der Waals surface area contributed by atoms with Gasteiger partial charge in [-0.15, -0.1) is 0 Å². The second-order valence-electron chi connectivity index (χ2n) is 3.87. The van der Waals surface area contributed by atoms with Gasteiger partial charge >= 0.3 is 5.97 Å². The second kappa shape index (κ2) is 5.93. The Bertz CT molecular complexity index is 462. The van der Waals surface area contributed by atoms with Gasteiger partial charge in [-0.05, 0) is 18.6 Å². The SMILES string of the molecule is COc1c(Cl)cc(C)c(CC(N)C(=O)O)c1OC. The summed E-state index contributed by atoms with van der Waals surface area (Å²) in [6.07, 6.45) is 0.151. The molecule has 1 rings (SSSR count). The Labute approximate surface area is 110 Å². The van der Waals surface area contributed by atoms with Crippen LogP contribution in [-0.4, -0.2) is 31.3 Å². The lowest BCUT2D eigenvalue weighted by Gasteiger charge is -2.18. The first kappa shape index (κ1) is 14.6. The molecule has 1 unspecified atom stereocenters. The number of halogens is 1. The third kappa shape index (κ3) is 2.86. The Hall–Kier alpha value is -1.46. The molecule has 5 nitrogen and oxygen atoms in total. The van der Waals surface area contributed by atoms with Gasteiger partial charge in [0, 0.05) is 12.0 Å². The highest BCUT2D eigenvalue weighted by Crippen LogP contribution is 2.40. The number of aryl methyl sites for hydroxylation is 1. The fraction of sp³-hybridized carbons (Fsp3) is 0.417. The average molecular weight is 274 g/mol. The van der Waals surface area contributed by atoms with E-state index in [0.29, 0.717) is 22.1 Å². The van der Waals surface area contributed by atoms with Gasteiger partial charge in [0.05, 0.1) is 19.2 Å². The number of carboxylic acids is 1. The molecule has 1 aromatic rings. The van der Waals surface area contributed by atoms with Crippen molar-refractivity contribution in [3.8, 4) is 11.5 Å². The summed E-state index contributed by atoms with van der Waals surface area (Å²) in [5.41, 5.74) is 7.04. The smallest absolute Gasteiger partial charge is 0.320 e. The molecule has 1 atom stereocenters. The fourth-order valence-corrected chi connectivity index (χ4v) is 2.06. The molecule has 0 radical (unpaired) electrons. The van der Waals surface area contributed by atoms with Crippen molar-refractivity contribution in [3.63, 3.8) is 0 Å². The van der Waals surface area contributed by atoms with E-state index in [1.54, 1.807) is 6.07 Å². The van der Waals surface area contributed by atoms with Gasteiger partial charge in [0.2, 0.25) is 0 Å². The highest BCUT2D eigenvalue weighted by atomic mass is 35.5. The van der Waals surface area contributed by atoms with E-state index in [2.05, 4.69) is 0 Å². The lowest BCUT2D eigenvalue weighted by molar-refractivity contribution is -0.138. The average Bonchev–Trinajstić information content (AvgIpc) is 2.31. The largest absolute Gasteiger partial charge is 0.493 e. The van der Waals surface area contributed by atoms with E-state index < -0.39 is 12.0 Å². The molecule has 3 N–H and O–H groups in total. The van der Waals surface area contributed by atoms with Crippen LogP contribution in [0.2, 0.25) is 5.02 Å². The number of hydrogen-bond acceptors (Lipinski definition) is 4. The predicted molar refractivity (Wildman–Crippen MR) is 68.6 cm³/mol. The van der Waals surface area contributed by atoms with Gasteiger partial charge < -0.3 is 20.3 Å². The molecular formula is C12H16ClNO4. The van der Waals surface area contributed by atoms with E-state index in [4.69, 9.17) is 31.9 Å². The molecule has 0 aliphatic heterocycles. The van der Waals surface area contributed by atoms with Gasteiger partial charge in [-0.1, -0.05) is 11.6 Å². The highest BCUT2D eigenvalue weighted by molar-refractivity contribution is 6.32. The predicted octanol–water partition coefficient (Wildman–Crippen LogP) is 1.62. The lowest BCUT2D eigenvalue weighted by Crippen LogP contribution is -2.32. The van der Waals surface area contributed by atoms with Crippen molar-refractivity contribution in [2.24, 2.45) is 5.73 Å². The Morgan fingerprint density at radius 3 is 2.44 bits per heavy atom. The molecule has 0 aliphatic rings. The maximum atomic E-state index is 10.8. The summed E-state index contributed by atoms with van der Waals surface area (Å²) in [5, 5.41) is 9.27. The minimum absolute atomic E-state index is 0.151. The summed E-state index contributed by atoms with van der Waals surface area (Å²) in [5.74, 6) is -0.248. The number of nitrogens with two attached hydrogens (primary N) is 1. The van der Waals surface area contributed by atoms with Gasteiger partial charge in [-0.3, -0.25) is 4.79 Å². The van der Waals surface area contributed by atoms with Crippen molar-refractivity contribution in [3.05, 3.63) is 22.2 Å². The van der Waals surface area contributed by atoms with Crippen molar-refractivity contribution >= 4 is 17.6 Å². The van der Waals surface area contributed by atoms with Crippen molar-refractivity contribution in [1.29, 1.82) is 0 Å². The van der Waals surface area contributed by atoms with E-state index >= 15 is 0 Å². The number of benzene rings is 1. The fourth-order valence-electron chi connectivity index (χ4n) is 1.73. The topological polar surface area (TPSA) is 81.8 Å². The molecule has 0 heterocycles. The van der Waals surface area contributed by atoms with E-state index in [9.17, 15) is 4.79 Å². The number of aliphatic carboxylic acids is 1. The van der Waals surface area contributed by atoms with Crippen LogP contribution < -0.4 is 15.2 Å². The molecule has 0 aliphatic carbocycles. The summed E-state index contributed by atoms with van der Waals surface area (Å²) in [7, 11) is 2.95. The van der Waals surface area contributed by atoms with Crippen LogP contribution in [0.15, 0.2) is 6.07 Å². The third-order valence-electron chi connectivity index (χ3n) is 2.67. The molecule has 0 saturated carbocycles. The molecule has 0 fully saturated rings. The van der Waals surface area contributed by atoms with Crippen molar-refractivity contribution in [2.45, 2.75) is 19.4 Å². The quantitative estimate of drug-likeness (QED) is 0.852. The zero-order chi connectivity index (χ0) is 13.9. The maximum absolute atomic E-state index is 10.8. The van der Waals surface area contributed by atoms with Crippen LogP contribution in [0.1, 0.15) is 11.1 Å². The summed E-state index contributed by atoms with van der Waals surface area (Å²) >= 11 is 6.03. The molecule has 6 heteroatoms. The molecule has 0 saturated heterocycles. The van der Waals surface area contributed by atoms with Crippen LogP contribution in [0.5, 0.6) is 11.5 Å². The summed E-state index contributed by atoms with van der Waals surface area (Å²) in [6.45, 7) is 1.82. The molecule has 0 aromatic heterocycles. The van der Waals surface area contributed by atoms with Crippen LogP contribution in [-0.2, 0) is 11.2 Å². The normalized spacial score (nSPS) is 12.1. The third-order valence-corrected chi connectivity index (χ3v) is 2.95. The number of ether oxygens (including phenoxy) is 2. The standard InChI is InChI=1S/C12H16ClNO4/c1-6-4-8(13)11(18-3)10(17-2)7(6)5-9(14)12(15)16/h4,9H,5,14H2,1-3H3,(H,15,16). The molecule has 0 spiro atoms. The van der Waals surface area contributed by atoms with Crippen LogP contribution in [0.25, 0.3) is 0 Å². The Morgan fingerprint density at radius 2 is 2.00 bits per heavy atom. The van der Waals surface area contributed by atoms with Crippen molar-refractivity contribution in [2.75, 3.05) is 14.2 Å². The van der Waals surface area contributed by atoms with Crippen LogP contribution in [0, 0.1) is 6.92 Å². The second-order valence-corrected chi connectivity index (χ2v) is 4.28. The minimum Gasteiger partial charge on any atom is -0.493 e. The van der Waals surface area contributed by atoms with Gasteiger partial charge in [0.15, 0.2) is 11.5 Å².